The number of hydrogen-bond donors (Lipinski definition) is 2. The van der Waals surface area contributed by atoms with Crippen LogP contribution in [0.25, 0.3) is 0 Å². The summed E-state index contributed by atoms with van der Waals surface area (Å²) in [6.07, 6.45) is -4.34. The fourth-order valence-electron chi connectivity index (χ4n) is 3.00. The van der Waals surface area contributed by atoms with Gasteiger partial charge in [-0.05, 0) is 38.7 Å². The molecule has 2 N–H and O–H groups in total. The average Bonchev–Trinajstić information content (AvgIpc) is 2.60. The Labute approximate surface area is 176 Å². The van der Waals surface area contributed by atoms with Crippen molar-refractivity contribution in [1.29, 1.82) is 0 Å². The largest absolute Gasteiger partial charge is 0.416 e. The van der Waals surface area contributed by atoms with Crippen molar-refractivity contribution in [3.8, 4) is 0 Å². The number of nitrogens with zero attached hydrogens (tertiary/aromatic N) is 3. The lowest BCUT2D eigenvalue weighted by atomic mass is 10.1. The molecular weight excluding hydrogens is 470 g/mol. The number of nitrogens with one attached hydrogen (secondary N) is 2. The molecule has 2 atom stereocenters. The van der Waals surface area contributed by atoms with Gasteiger partial charge in [0.1, 0.15) is 0 Å². The minimum Gasteiger partial charge on any atom is -0.355 e. The van der Waals surface area contributed by atoms with Crippen molar-refractivity contribution in [3.05, 3.63) is 35.4 Å². The summed E-state index contributed by atoms with van der Waals surface area (Å²) >= 11 is 0. The monoisotopic (exact) mass is 499 g/mol. The molecule has 1 saturated heterocycles. The van der Waals surface area contributed by atoms with Gasteiger partial charge < -0.3 is 15.5 Å². The smallest absolute Gasteiger partial charge is 0.355 e. The van der Waals surface area contributed by atoms with Crippen molar-refractivity contribution in [2.24, 2.45) is 4.99 Å². The fraction of sp³-hybridized carbons (Fsp3) is 0.611. The van der Waals surface area contributed by atoms with Crippen LogP contribution in [0, 0.1) is 0 Å². The van der Waals surface area contributed by atoms with Gasteiger partial charge in [-0.1, -0.05) is 12.1 Å². The van der Waals surface area contributed by atoms with Crippen LogP contribution in [0.3, 0.4) is 0 Å². The van der Waals surface area contributed by atoms with E-state index in [2.05, 4.69) is 39.5 Å². The van der Waals surface area contributed by atoms with Crippen LogP contribution in [0.2, 0.25) is 0 Å². The molecule has 0 aliphatic carbocycles. The third-order valence-electron chi connectivity index (χ3n) is 4.78. The Kier molecular flexibility index (Phi) is 9.29. The molecule has 0 amide bonds. The number of aliphatic imine (C=N–C) groups is 1. The molecule has 0 bridgehead atoms. The lowest BCUT2D eigenvalue weighted by molar-refractivity contribution is -0.137. The predicted molar refractivity (Wildman–Crippen MR) is 114 cm³/mol. The summed E-state index contributed by atoms with van der Waals surface area (Å²) in [5.74, 6) is 0.580. The lowest BCUT2D eigenvalue weighted by Crippen LogP contribution is -2.55. The van der Waals surface area contributed by atoms with Gasteiger partial charge in [-0.2, -0.15) is 13.2 Å². The normalized spacial score (nSPS) is 20.7. The van der Waals surface area contributed by atoms with E-state index in [1.807, 2.05) is 6.92 Å². The molecule has 2 unspecified atom stereocenters. The summed E-state index contributed by atoms with van der Waals surface area (Å²) in [6.45, 7) is 5.56. The van der Waals surface area contributed by atoms with E-state index in [0.29, 0.717) is 17.6 Å². The highest BCUT2D eigenvalue weighted by molar-refractivity contribution is 14.0. The summed E-state index contributed by atoms with van der Waals surface area (Å²) in [4.78, 5) is 8.78. The van der Waals surface area contributed by atoms with Gasteiger partial charge in [-0.15, -0.1) is 24.0 Å². The third kappa shape index (κ3) is 7.11. The van der Waals surface area contributed by atoms with Gasteiger partial charge in [-0.25, -0.2) is 0 Å². The van der Waals surface area contributed by atoms with Crippen LogP contribution in [0.4, 0.5) is 13.2 Å². The Hall–Kier alpha value is -1.07. The Balaban J connectivity index is 0.00000364. The molecule has 154 valence electrons. The SMILES string of the molecule is CN=C(NCC1CN(C)CCN1C)NC(C)c1cccc(C(F)(F)F)c1.I. The van der Waals surface area contributed by atoms with E-state index < -0.39 is 11.7 Å². The second-order valence-corrected chi connectivity index (χ2v) is 6.84. The molecule has 1 aromatic rings. The van der Waals surface area contributed by atoms with Gasteiger partial charge in [0.15, 0.2) is 5.96 Å². The molecule has 2 rings (SSSR count). The Morgan fingerprint density at radius 3 is 2.63 bits per heavy atom. The summed E-state index contributed by atoms with van der Waals surface area (Å²) in [7, 11) is 5.86. The highest BCUT2D eigenvalue weighted by Crippen LogP contribution is 2.30. The number of halogens is 4. The predicted octanol–water partition coefficient (Wildman–Crippen LogP) is 2.80. The number of likely N-dealkylation sites (N-methyl/N-ethyl adjacent to an activating group) is 2. The molecule has 1 fully saturated rings. The Bertz CT molecular complexity index is 623. The van der Waals surface area contributed by atoms with Crippen LogP contribution >= 0.6 is 24.0 Å². The summed E-state index contributed by atoms with van der Waals surface area (Å²) in [5.41, 5.74) is -0.0734. The van der Waals surface area contributed by atoms with Gasteiger partial charge >= 0.3 is 6.18 Å². The van der Waals surface area contributed by atoms with Gasteiger partial charge in [0.05, 0.1) is 11.6 Å². The van der Waals surface area contributed by atoms with Crippen molar-refractivity contribution in [2.45, 2.75) is 25.2 Å². The number of hydrogen-bond acceptors (Lipinski definition) is 3. The van der Waals surface area contributed by atoms with Gasteiger partial charge in [0, 0.05) is 39.3 Å². The van der Waals surface area contributed by atoms with Gasteiger partial charge in [0.25, 0.3) is 0 Å². The molecule has 0 saturated carbocycles. The number of piperazine rings is 1. The van der Waals surface area contributed by atoms with Crippen molar-refractivity contribution >= 4 is 29.9 Å². The van der Waals surface area contributed by atoms with E-state index >= 15 is 0 Å². The van der Waals surface area contributed by atoms with E-state index in [4.69, 9.17) is 0 Å². The minimum atomic E-state index is -4.34. The zero-order chi connectivity index (χ0) is 19.3. The maximum atomic E-state index is 12.9. The zero-order valence-corrected chi connectivity index (χ0v) is 18.5. The van der Waals surface area contributed by atoms with E-state index in [9.17, 15) is 13.2 Å². The second kappa shape index (κ2) is 10.5. The number of guanidine groups is 1. The van der Waals surface area contributed by atoms with Gasteiger partial charge in [0.2, 0.25) is 0 Å². The lowest BCUT2D eigenvalue weighted by Gasteiger charge is -2.38. The molecular formula is C18H29F3IN5. The van der Waals surface area contributed by atoms with E-state index in [1.165, 1.54) is 12.1 Å². The molecule has 27 heavy (non-hydrogen) atoms. The molecule has 1 aromatic carbocycles. The average molecular weight is 499 g/mol. The van der Waals surface area contributed by atoms with Crippen LogP contribution < -0.4 is 10.6 Å². The zero-order valence-electron chi connectivity index (χ0n) is 16.2. The van der Waals surface area contributed by atoms with Crippen molar-refractivity contribution in [1.82, 2.24) is 20.4 Å². The fourth-order valence-corrected chi connectivity index (χ4v) is 3.00. The summed E-state index contributed by atoms with van der Waals surface area (Å²) in [5, 5.41) is 6.45. The first-order valence-corrected chi connectivity index (χ1v) is 8.74. The van der Waals surface area contributed by atoms with E-state index in [-0.39, 0.29) is 30.0 Å². The third-order valence-corrected chi connectivity index (χ3v) is 4.78. The van der Waals surface area contributed by atoms with Crippen LogP contribution in [-0.4, -0.2) is 69.1 Å². The van der Waals surface area contributed by atoms with Gasteiger partial charge in [-0.3, -0.25) is 9.89 Å². The van der Waals surface area contributed by atoms with Crippen LogP contribution in [-0.2, 0) is 6.18 Å². The second-order valence-electron chi connectivity index (χ2n) is 6.84. The number of benzene rings is 1. The van der Waals surface area contributed by atoms with Crippen LogP contribution in [0.1, 0.15) is 24.1 Å². The summed E-state index contributed by atoms with van der Waals surface area (Å²) < 4.78 is 38.7. The van der Waals surface area contributed by atoms with Crippen LogP contribution in [0.5, 0.6) is 0 Å². The summed E-state index contributed by atoms with van der Waals surface area (Å²) in [6, 6.07) is 5.43. The first-order chi connectivity index (χ1) is 12.2. The van der Waals surface area contributed by atoms with E-state index in [1.54, 1.807) is 13.1 Å². The molecule has 9 heteroatoms. The highest BCUT2D eigenvalue weighted by Gasteiger charge is 2.30. The van der Waals surface area contributed by atoms with Crippen molar-refractivity contribution in [3.63, 3.8) is 0 Å². The first-order valence-electron chi connectivity index (χ1n) is 8.74. The molecule has 1 aliphatic rings. The maximum Gasteiger partial charge on any atom is 0.416 e. The topological polar surface area (TPSA) is 42.9 Å². The maximum absolute atomic E-state index is 12.9. The molecule has 5 nitrogen and oxygen atoms in total. The quantitative estimate of drug-likeness (QED) is 0.380. The van der Waals surface area contributed by atoms with E-state index in [0.717, 1.165) is 32.2 Å². The van der Waals surface area contributed by atoms with Crippen molar-refractivity contribution in [2.75, 3.05) is 47.3 Å². The minimum absolute atomic E-state index is 0. The van der Waals surface area contributed by atoms with Crippen molar-refractivity contribution < 1.29 is 13.2 Å². The molecule has 0 radical (unpaired) electrons. The number of alkyl halides is 3. The molecule has 0 spiro atoms. The highest BCUT2D eigenvalue weighted by atomic mass is 127. The molecule has 1 heterocycles. The number of rotatable bonds is 4. The standard InChI is InChI=1S/C18H28F3N5.HI/c1-13(14-6-5-7-15(10-14)18(19,20)21)24-17(22-2)23-11-16-12-25(3)8-9-26(16)4;/h5-7,10,13,16H,8-9,11-12H2,1-4H3,(H2,22,23,24);1H. The van der Waals surface area contributed by atoms with Crippen LogP contribution in [0.15, 0.2) is 29.3 Å². The first kappa shape index (κ1) is 24.0. The Morgan fingerprint density at radius 2 is 2.00 bits per heavy atom. The molecule has 1 aliphatic heterocycles. The molecule has 0 aromatic heterocycles. The Morgan fingerprint density at radius 1 is 1.30 bits per heavy atom.